The van der Waals surface area contributed by atoms with Crippen LogP contribution in [-0.4, -0.2) is 29.9 Å². The first-order valence-electron chi connectivity index (χ1n) is 8.86. The Kier molecular flexibility index (Phi) is 5.19. The third-order valence-corrected chi connectivity index (χ3v) is 4.98. The van der Waals surface area contributed by atoms with Gasteiger partial charge in [-0.15, -0.1) is 0 Å². The number of carbonyl (C=O) groups excluding carboxylic acids is 1. The molecule has 1 aliphatic rings. The zero-order chi connectivity index (χ0) is 18.0. The molecule has 0 unspecified atom stereocenters. The van der Waals surface area contributed by atoms with E-state index in [0.29, 0.717) is 24.6 Å². The summed E-state index contributed by atoms with van der Waals surface area (Å²) in [4.78, 5) is 16.7. The standard InChI is InChI=1S/C21H25FN2O/c1-15(2)17-8-10-19(11-9-17)24-13-12-23(16(3)21(24)25)14-18-6-4-5-7-20(18)22/h4-11,15-16H,12-14H2,1-3H3/t16-/m1/s1. The second kappa shape index (κ2) is 7.36. The molecule has 1 fully saturated rings. The lowest BCUT2D eigenvalue weighted by Crippen LogP contribution is -2.55. The van der Waals surface area contributed by atoms with E-state index in [9.17, 15) is 9.18 Å². The largest absolute Gasteiger partial charge is 0.310 e. The van der Waals surface area contributed by atoms with Crippen LogP contribution >= 0.6 is 0 Å². The number of amides is 1. The SMILES string of the molecule is CC(C)c1ccc(N2CCN(Cc3ccccc3F)[C@H](C)C2=O)cc1. The van der Waals surface area contributed by atoms with Gasteiger partial charge in [0, 0.05) is 30.9 Å². The van der Waals surface area contributed by atoms with Crippen molar-refractivity contribution in [1.29, 1.82) is 0 Å². The number of nitrogens with zero attached hydrogens (tertiary/aromatic N) is 2. The summed E-state index contributed by atoms with van der Waals surface area (Å²) in [6.45, 7) is 8.02. The lowest BCUT2D eigenvalue weighted by atomic mass is 10.0. The van der Waals surface area contributed by atoms with E-state index in [0.717, 1.165) is 12.2 Å². The first kappa shape index (κ1) is 17.6. The minimum Gasteiger partial charge on any atom is -0.310 e. The monoisotopic (exact) mass is 340 g/mol. The molecule has 0 aromatic heterocycles. The fourth-order valence-electron chi connectivity index (χ4n) is 3.27. The fourth-order valence-corrected chi connectivity index (χ4v) is 3.27. The van der Waals surface area contributed by atoms with E-state index in [2.05, 4.69) is 26.0 Å². The fraction of sp³-hybridized carbons (Fsp3) is 0.381. The molecule has 1 atom stereocenters. The van der Waals surface area contributed by atoms with E-state index < -0.39 is 0 Å². The molecule has 0 spiro atoms. The van der Waals surface area contributed by atoms with Gasteiger partial charge in [0.25, 0.3) is 0 Å². The Morgan fingerprint density at radius 3 is 2.40 bits per heavy atom. The number of rotatable bonds is 4. The Morgan fingerprint density at radius 2 is 1.76 bits per heavy atom. The molecule has 3 rings (SSSR count). The molecule has 0 bridgehead atoms. The summed E-state index contributed by atoms with van der Waals surface area (Å²) in [5, 5.41) is 0. The van der Waals surface area contributed by atoms with Crippen LogP contribution in [0, 0.1) is 5.82 Å². The maximum absolute atomic E-state index is 13.9. The highest BCUT2D eigenvalue weighted by atomic mass is 19.1. The van der Waals surface area contributed by atoms with E-state index >= 15 is 0 Å². The molecule has 132 valence electrons. The molecule has 1 amide bonds. The lowest BCUT2D eigenvalue weighted by molar-refractivity contribution is -0.125. The van der Waals surface area contributed by atoms with Gasteiger partial charge in [-0.05, 0) is 36.6 Å². The van der Waals surface area contributed by atoms with Gasteiger partial charge in [0.1, 0.15) is 5.82 Å². The average molecular weight is 340 g/mol. The molecule has 0 saturated carbocycles. The Balaban J connectivity index is 1.72. The molecular formula is C21H25FN2O. The molecule has 4 heteroatoms. The summed E-state index contributed by atoms with van der Waals surface area (Å²) in [6.07, 6.45) is 0. The highest BCUT2D eigenvalue weighted by Crippen LogP contribution is 2.24. The van der Waals surface area contributed by atoms with Crippen LogP contribution in [-0.2, 0) is 11.3 Å². The van der Waals surface area contributed by atoms with Crippen LogP contribution in [0.2, 0.25) is 0 Å². The van der Waals surface area contributed by atoms with Crippen molar-refractivity contribution in [1.82, 2.24) is 4.90 Å². The highest BCUT2D eigenvalue weighted by Gasteiger charge is 2.32. The summed E-state index contributed by atoms with van der Waals surface area (Å²) >= 11 is 0. The molecular weight excluding hydrogens is 315 g/mol. The zero-order valence-electron chi connectivity index (χ0n) is 15.1. The number of carbonyl (C=O) groups is 1. The van der Waals surface area contributed by atoms with E-state index in [4.69, 9.17) is 0 Å². The smallest absolute Gasteiger partial charge is 0.244 e. The molecule has 1 heterocycles. The quantitative estimate of drug-likeness (QED) is 0.833. The van der Waals surface area contributed by atoms with Crippen molar-refractivity contribution < 1.29 is 9.18 Å². The number of anilines is 1. The Morgan fingerprint density at radius 1 is 1.08 bits per heavy atom. The van der Waals surface area contributed by atoms with Crippen molar-refractivity contribution in [3.63, 3.8) is 0 Å². The predicted molar refractivity (Wildman–Crippen MR) is 99.2 cm³/mol. The summed E-state index contributed by atoms with van der Waals surface area (Å²) < 4.78 is 13.9. The van der Waals surface area contributed by atoms with Crippen molar-refractivity contribution >= 4 is 11.6 Å². The van der Waals surface area contributed by atoms with Crippen molar-refractivity contribution in [2.24, 2.45) is 0 Å². The van der Waals surface area contributed by atoms with Gasteiger partial charge in [-0.25, -0.2) is 4.39 Å². The van der Waals surface area contributed by atoms with E-state index in [-0.39, 0.29) is 17.8 Å². The first-order chi connectivity index (χ1) is 12.0. The van der Waals surface area contributed by atoms with Crippen LogP contribution in [0.3, 0.4) is 0 Å². The predicted octanol–water partition coefficient (Wildman–Crippen LogP) is 4.19. The van der Waals surface area contributed by atoms with Crippen LogP contribution < -0.4 is 4.90 Å². The second-order valence-electron chi connectivity index (χ2n) is 6.97. The lowest BCUT2D eigenvalue weighted by Gasteiger charge is -2.39. The summed E-state index contributed by atoms with van der Waals surface area (Å²) in [7, 11) is 0. The second-order valence-corrected chi connectivity index (χ2v) is 6.97. The summed E-state index contributed by atoms with van der Waals surface area (Å²) in [5.74, 6) is 0.329. The van der Waals surface area contributed by atoms with E-state index in [1.54, 1.807) is 12.1 Å². The van der Waals surface area contributed by atoms with Crippen LogP contribution in [0.25, 0.3) is 0 Å². The van der Waals surface area contributed by atoms with E-state index in [1.165, 1.54) is 11.6 Å². The zero-order valence-corrected chi connectivity index (χ0v) is 15.1. The van der Waals surface area contributed by atoms with Crippen LogP contribution in [0.5, 0.6) is 0 Å². The van der Waals surface area contributed by atoms with Crippen LogP contribution in [0.15, 0.2) is 48.5 Å². The number of benzene rings is 2. The molecule has 0 radical (unpaired) electrons. The van der Waals surface area contributed by atoms with Gasteiger partial charge in [0.05, 0.1) is 6.04 Å². The maximum atomic E-state index is 13.9. The Hall–Kier alpha value is -2.20. The molecule has 1 saturated heterocycles. The maximum Gasteiger partial charge on any atom is 0.244 e. The van der Waals surface area contributed by atoms with Gasteiger partial charge < -0.3 is 4.90 Å². The third-order valence-electron chi connectivity index (χ3n) is 4.98. The minimum atomic E-state index is -0.266. The molecule has 1 aliphatic heterocycles. The Labute approximate surface area is 149 Å². The highest BCUT2D eigenvalue weighted by molar-refractivity contribution is 5.97. The van der Waals surface area contributed by atoms with Gasteiger partial charge in [0.2, 0.25) is 5.91 Å². The molecule has 25 heavy (non-hydrogen) atoms. The topological polar surface area (TPSA) is 23.6 Å². The molecule has 0 aliphatic carbocycles. The van der Waals surface area contributed by atoms with Gasteiger partial charge >= 0.3 is 0 Å². The van der Waals surface area contributed by atoms with Gasteiger partial charge in [-0.1, -0.05) is 44.2 Å². The summed E-state index contributed by atoms with van der Waals surface area (Å²) in [5.41, 5.74) is 2.84. The van der Waals surface area contributed by atoms with Gasteiger partial charge in [-0.3, -0.25) is 9.69 Å². The van der Waals surface area contributed by atoms with Crippen molar-refractivity contribution in [3.05, 3.63) is 65.5 Å². The molecule has 2 aromatic rings. The average Bonchev–Trinajstić information content (AvgIpc) is 2.61. The van der Waals surface area contributed by atoms with Crippen molar-refractivity contribution in [2.75, 3.05) is 18.0 Å². The van der Waals surface area contributed by atoms with Gasteiger partial charge in [0.15, 0.2) is 0 Å². The van der Waals surface area contributed by atoms with Crippen LogP contribution in [0.4, 0.5) is 10.1 Å². The van der Waals surface area contributed by atoms with Crippen molar-refractivity contribution in [2.45, 2.75) is 39.3 Å². The van der Waals surface area contributed by atoms with Crippen LogP contribution in [0.1, 0.15) is 37.8 Å². The van der Waals surface area contributed by atoms with Crippen molar-refractivity contribution in [3.8, 4) is 0 Å². The number of hydrogen-bond acceptors (Lipinski definition) is 2. The number of halogens is 1. The first-order valence-corrected chi connectivity index (χ1v) is 8.86. The number of piperazine rings is 1. The van der Waals surface area contributed by atoms with E-state index in [1.807, 2.05) is 34.9 Å². The molecule has 3 nitrogen and oxygen atoms in total. The molecule has 2 aromatic carbocycles. The summed E-state index contributed by atoms with van der Waals surface area (Å²) in [6, 6.07) is 14.7. The van der Waals surface area contributed by atoms with Gasteiger partial charge in [-0.2, -0.15) is 0 Å². The normalized spacial score (nSPS) is 18.8. The Bertz CT molecular complexity index is 742. The number of hydrogen-bond donors (Lipinski definition) is 0. The third kappa shape index (κ3) is 3.74. The molecule has 0 N–H and O–H groups in total. The minimum absolute atomic E-state index is 0.0693.